The number of carbonyl (C=O) groups is 3. The van der Waals surface area contributed by atoms with Gasteiger partial charge >= 0.3 is 11.9 Å². The van der Waals surface area contributed by atoms with Crippen LogP contribution in [0.1, 0.15) is 20.3 Å². The number of rotatable bonds is 7. The van der Waals surface area contributed by atoms with Crippen LogP contribution in [0.3, 0.4) is 0 Å². The Morgan fingerprint density at radius 3 is 2.45 bits per heavy atom. The number of anilines is 1. The molecule has 2 N–H and O–H groups in total. The number of carboxylic acid groups (broad SMARTS) is 1. The number of ether oxygens (including phenoxy) is 1. The molecule has 0 saturated carbocycles. The number of nitrogens with one attached hydrogen (secondary N) is 1. The van der Waals surface area contributed by atoms with Crippen LogP contribution in [0.25, 0.3) is 0 Å². The van der Waals surface area contributed by atoms with Crippen LogP contribution >= 0.6 is 11.6 Å². The lowest BCUT2D eigenvalue weighted by Gasteiger charge is -2.29. The lowest BCUT2D eigenvalue weighted by molar-refractivity contribution is -0.160. The highest BCUT2D eigenvalue weighted by Crippen LogP contribution is 2.25. The van der Waals surface area contributed by atoms with E-state index in [9.17, 15) is 18.8 Å². The van der Waals surface area contributed by atoms with Gasteiger partial charge in [0.05, 0.1) is 11.6 Å². The molecule has 0 amide bonds. The Labute approximate surface area is 131 Å². The third-order valence-corrected chi connectivity index (χ3v) is 3.32. The fraction of sp³-hybridized carbons (Fsp3) is 0.357. The summed E-state index contributed by atoms with van der Waals surface area (Å²) in [5.41, 5.74) is -2.10. The third-order valence-electron chi connectivity index (χ3n) is 3.01. The molecule has 1 unspecified atom stereocenters. The van der Waals surface area contributed by atoms with Gasteiger partial charge in [0.2, 0.25) is 5.54 Å². The largest absolute Gasteiger partial charge is 0.475 e. The molecule has 0 spiro atoms. The summed E-state index contributed by atoms with van der Waals surface area (Å²) in [6, 6.07) is 3.50. The summed E-state index contributed by atoms with van der Waals surface area (Å²) in [5.74, 6) is -5.00. The smallest absolute Gasteiger partial charge is 0.375 e. The van der Waals surface area contributed by atoms with Crippen molar-refractivity contribution in [3.63, 3.8) is 0 Å². The van der Waals surface area contributed by atoms with Crippen LogP contribution in [0.4, 0.5) is 10.1 Å². The van der Waals surface area contributed by atoms with Gasteiger partial charge in [0, 0.05) is 5.69 Å². The second kappa shape index (κ2) is 7.22. The first-order valence-electron chi connectivity index (χ1n) is 6.46. The molecule has 120 valence electrons. The van der Waals surface area contributed by atoms with Crippen LogP contribution in [0.15, 0.2) is 18.2 Å². The summed E-state index contributed by atoms with van der Waals surface area (Å²) in [4.78, 5) is 35.1. The monoisotopic (exact) mass is 331 g/mol. The van der Waals surface area contributed by atoms with Crippen LogP contribution in [-0.4, -0.2) is 35.0 Å². The predicted molar refractivity (Wildman–Crippen MR) is 77.3 cm³/mol. The molecule has 0 saturated heterocycles. The van der Waals surface area contributed by atoms with E-state index in [1.807, 2.05) is 0 Å². The highest BCUT2D eigenvalue weighted by Gasteiger charge is 2.49. The standard InChI is InChI=1S/C14H15ClFNO5/c1-3-14(11(18)12(19)20,13(21)22-4-2)17-8-5-6-9(15)10(16)7-8/h5-7,17H,3-4H2,1-2H3,(H,19,20). The molecule has 0 aromatic heterocycles. The normalized spacial score (nSPS) is 13.1. The van der Waals surface area contributed by atoms with E-state index in [2.05, 4.69) is 5.32 Å². The number of carbonyl (C=O) groups excluding carboxylic acids is 2. The molecule has 1 atom stereocenters. The van der Waals surface area contributed by atoms with Crippen LogP contribution in [0, 0.1) is 5.82 Å². The first-order valence-corrected chi connectivity index (χ1v) is 6.84. The maximum atomic E-state index is 13.5. The Bertz CT molecular complexity index is 607. The van der Waals surface area contributed by atoms with Crippen LogP contribution in [0.5, 0.6) is 0 Å². The minimum atomic E-state index is -2.14. The lowest BCUT2D eigenvalue weighted by Crippen LogP contribution is -2.56. The average Bonchev–Trinajstić information content (AvgIpc) is 2.47. The fourth-order valence-electron chi connectivity index (χ4n) is 1.85. The topological polar surface area (TPSA) is 92.7 Å². The van der Waals surface area contributed by atoms with E-state index >= 15 is 0 Å². The number of hydrogen-bond donors (Lipinski definition) is 2. The minimum Gasteiger partial charge on any atom is -0.475 e. The molecule has 0 radical (unpaired) electrons. The quantitative estimate of drug-likeness (QED) is 0.452. The van der Waals surface area contributed by atoms with Gasteiger partial charge < -0.3 is 15.2 Å². The third kappa shape index (κ3) is 3.54. The zero-order valence-electron chi connectivity index (χ0n) is 12.0. The average molecular weight is 332 g/mol. The molecule has 0 aliphatic heterocycles. The first-order chi connectivity index (χ1) is 10.3. The second-order valence-electron chi connectivity index (χ2n) is 4.37. The van der Waals surface area contributed by atoms with E-state index in [1.165, 1.54) is 26.0 Å². The van der Waals surface area contributed by atoms with Crippen molar-refractivity contribution in [2.75, 3.05) is 11.9 Å². The Hall–Kier alpha value is -2.15. The molecule has 1 aromatic rings. The highest BCUT2D eigenvalue weighted by atomic mass is 35.5. The number of benzene rings is 1. The van der Waals surface area contributed by atoms with Crippen molar-refractivity contribution in [3.05, 3.63) is 29.0 Å². The Balaban J connectivity index is 3.29. The molecule has 8 heteroatoms. The van der Waals surface area contributed by atoms with Crippen molar-refractivity contribution >= 4 is 35.0 Å². The van der Waals surface area contributed by atoms with Gasteiger partial charge in [0.15, 0.2) is 0 Å². The van der Waals surface area contributed by atoms with Crippen molar-refractivity contribution < 1.29 is 28.6 Å². The van der Waals surface area contributed by atoms with Crippen molar-refractivity contribution in [2.45, 2.75) is 25.8 Å². The van der Waals surface area contributed by atoms with Crippen LogP contribution in [0.2, 0.25) is 5.02 Å². The van der Waals surface area contributed by atoms with Crippen molar-refractivity contribution in [1.82, 2.24) is 0 Å². The number of Topliss-reactive ketones (excluding diaryl/α,β-unsaturated/α-hetero) is 1. The van der Waals surface area contributed by atoms with E-state index in [-0.39, 0.29) is 23.7 Å². The summed E-state index contributed by atoms with van der Waals surface area (Å²) in [6.07, 6.45) is -0.193. The summed E-state index contributed by atoms with van der Waals surface area (Å²) in [6.45, 7) is 2.92. The van der Waals surface area contributed by atoms with Gasteiger partial charge in [0.25, 0.3) is 5.78 Å². The number of aliphatic carboxylic acids is 1. The summed E-state index contributed by atoms with van der Waals surface area (Å²) < 4.78 is 18.3. The predicted octanol–water partition coefficient (Wildman–Crippen LogP) is 2.26. The van der Waals surface area contributed by atoms with Crippen LogP contribution < -0.4 is 5.32 Å². The molecular weight excluding hydrogens is 317 g/mol. The maximum absolute atomic E-state index is 13.5. The summed E-state index contributed by atoms with van der Waals surface area (Å²) in [7, 11) is 0. The van der Waals surface area contributed by atoms with Gasteiger partial charge in [-0.05, 0) is 31.5 Å². The van der Waals surface area contributed by atoms with Gasteiger partial charge in [-0.2, -0.15) is 0 Å². The number of halogens is 2. The van der Waals surface area contributed by atoms with Crippen molar-refractivity contribution in [2.24, 2.45) is 0 Å². The van der Waals surface area contributed by atoms with E-state index < -0.39 is 29.1 Å². The van der Waals surface area contributed by atoms with Gasteiger partial charge in [-0.3, -0.25) is 4.79 Å². The maximum Gasteiger partial charge on any atom is 0.375 e. The zero-order chi connectivity index (χ0) is 16.9. The Morgan fingerprint density at radius 2 is 2.00 bits per heavy atom. The molecule has 1 aromatic carbocycles. The number of esters is 1. The van der Waals surface area contributed by atoms with Gasteiger partial charge in [0.1, 0.15) is 5.82 Å². The summed E-state index contributed by atoms with van der Waals surface area (Å²) in [5, 5.41) is 11.3. The summed E-state index contributed by atoms with van der Waals surface area (Å²) >= 11 is 5.56. The van der Waals surface area contributed by atoms with Gasteiger partial charge in [-0.1, -0.05) is 18.5 Å². The first kappa shape index (κ1) is 17.9. The molecule has 0 heterocycles. The molecule has 1 rings (SSSR count). The van der Waals surface area contributed by atoms with Crippen molar-refractivity contribution in [1.29, 1.82) is 0 Å². The van der Waals surface area contributed by atoms with Gasteiger partial charge in [-0.15, -0.1) is 0 Å². The van der Waals surface area contributed by atoms with Crippen molar-refractivity contribution in [3.8, 4) is 0 Å². The fourth-order valence-corrected chi connectivity index (χ4v) is 1.97. The molecule has 0 fully saturated rings. The van der Waals surface area contributed by atoms with E-state index in [0.717, 1.165) is 6.07 Å². The van der Waals surface area contributed by atoms with E-state index in [0.29, 0.717) is 0 Å². The highest BCUT2D eigenvalue weighted by molar-refractivity contribution is 6.42. The lowest BCUT2D eigenvalue weighted by atomic mass is 9.90. The SMILES string of the molecule is CCOC(=O)C(CC)(Nc1ccc(Cl)c(F)c1)C(=O)C(=O)O. The zero-order valence-corrected chi connectivity index (χ0v) is 12.7. The number of hydrogen-bond acceptors (Lipinski definition) is 5. The number of carboxylic acids is 1. The Kier molecular flexibility index (Phi) is 5.87. The molecule has 0 aliphatic carbocycles. The molecular formula is C14H15ClFNO5. The minimum absolute atomic E-state index is 0.0337. The number of ketones is 1. The van der Waals surface area contributed by atoms with Crippen LogP contribution in [-0.2, 0) is 19.1 Å². The Morgan fingerprint density at radius 1 is 1.36 bits per heavy atom. The van der Waals surface area contributed by atoms with Gasteiger partial charge in [-0.25, -0.2) is 14.0 Å². The molecule has 0 aliphatic rings. The molecule has 0 bridgehead atoms. The molecule has 22 heavy (non-hydrogen) atoms. The molecule has 6 nitrogen and oxygen atoms in total. The van der Waals surface area contributed by atoms with E-state index in [1.54, 1.807) is 0 Å². The van der Waals surface area contributed by atoms with E-state index in [4.69, 9.17) is 21.4 Å². The second-order valence-corrected chi connectivity index (χ2v) is 4.77.